The van der Waals surface area contributed by atoms with Crippen molar-refractivity contribution in [2.45, 2.75) is 29.6 Å². The molecule has 0 saturated carbocycles. The Labute approximate surface area is 372 Å². The fraction of sp³-hybridized carbons (Fsp3) is 0.286. The lowest BCUT2D eigenvalue weighted by Gasteiger charge is -2.33. The largest absolute Gasteiger partial charge is 0.496 e. The minimum absolute atomic E-state index is 0.0614. The van der Waals surface area contributed by atoms with Crippen LogP contribution in [-0.2, 0) is 32.9 Å². The minimum atomic E-state index is -3.78. The average molecular weight is 948 g/mol. The van der Waals surface area contributed by atoms with E-state index in [1.54, 1.807) is 29.8 Å². The molecule has 0 radical (unpaired) electrons. The highest BCUT2D eigenvalue weighted by Gasteiger charge is 2.32. The number of rotatable bonds is 11. The van der Waals surface area contributed by atoms with Crippen molar-refractivity contribution in [3.05, 3.63) is 145 Å². The Bertz CT molecular complexity index is 2710. The molecule has 4 aromatic carbocycles. The van der Waals surface area contributed by atoms with Crippen molar-refractivity contribution >= 4 is 76.2 Å². The van der Waals surface area contributed by atoms with Gasteiger partial charge in [-0.15, -0.1) is 22.7 Å². The first-order chi connectivity index (χ1) is 29.2. The van der Waals surface area contributed by atoms with E-state index >= 15 is 0 Å². The first-order valence-electron chi connectivity index (χ1n) is 19.2. The molecule has 8 rings (SSSR count). The van der Waals surface area contributed by atoms with Crippen LogP contribution in [0.25, 0.3) is 0 Å². The van der Waals surface area contributed by atoms with Gasteiger partial charge in [-0.1, -0.05) is 71.2 Å². The van der Waals surface area contributed by atoms with Gasteiger partial charge in [0, 0.05) is 81.5 Å². The van der Waals surface area contributed by atoms with E-state index in [-0.39, 0.29) is 19.8 Å². The summed E-state index contributed by atoms with van der Waals surface area (Å²) in [6.07, 6.45) is 1.44. The summed E-state index contributed by atoms with van der Waals surface area (Å²) in [5.41, 5.74) is 5.46. The van der Waals surface area contributed by atoms with E-state index in [0.29, 0.717) is 58.8 Å². The summed E-state index contributed by atoms with van der Waals surface area (Å²) in [6, 6.07) is 22.9. The number of hydrogen-bond acceptors (Lipinski definition) is 11. The summed E-state index contributed by atoms with van der Waals surface area (Å²) in [5, 5.41) is 5.63. The summed E-state index contributed by atoms with van der Waals surface area (Å²) < 4.78 is 86.3. The summed E-state index contributed by atoms with van der Waals surface area (Å²) >= 11 is 15.1. The average Bonchev–Trinajstić information content (AvgIpc) is 3.91. The van der Waals surface area contributed by atoms with Gasteiger partial charge < -0.3 is 14.5 Å². The molecule has 0 atom stereocenters. The van der Waals surface area contributed by atoms with Gasteiger partial charge >= 0.3 is 0 Å². The van der Waals surface area contributed by atoms with Crippen molar-refractivity contribution in [3.8, 4) is 5.75 Å². The zero-order chi connectivity index (χ0) is 43.3. The van der Waals surface area contributed by atoms with Crippen molar-refractivity contribution in [3.63, 3.8) is 0 Å². The molecule has 2 fully saturated rings. The monoisotopic (exact) mass is 946 g/mol. The lowest BCUT2D eigenvalue weighted by molar-refractivity contribution is 0.384. The molecule has 0 unspecified atom stereocenters. The third kappa shape index (κ3) is 10.7. The first kappa shape index (κ1) is 44.8. The molecule has 11 nitrogen and oxygen atoms in total. The van der Waals surface area contributed by atoms with E-state index in [4.69, 9.17) is 37.9 Å². The molecule has 0 spiro atoms. The molecule has 19 heteroatoms. The number of thiazole rings is 2. The molecule has 0 aliphatic carbocycles. The van der Waals surface area contributed by atoms with Crippen LogP contribution >= 0.6 is 45.9 Å². The summed E-state index contributed by atoms with van der Waals surface area (Å²) in [4.78, 5) is 13.5. The highest BCUT2D eigenvalue weighted by Crippen LogP contribution is 2.31. The second kappa shape index (κ2) is 19.5. The standard InChI is InChI=1S/C21H21ClFN3O3S2.C21H21ClFN3O2S2/c1-29-19-5-3-2-4-15(19)12-17-14-30-21(24-17)25-8-10-26(11-9-25)31(27,28)20-7-6-16(23)13-18(20)22;1-15-3-2-4-16(11-15)12-18-14-29-21(24-18)25-7-9-26(10-8-25)30(27,28)20-6-5-17(23)13-19(20)22/h2-7,13-14H,8-12H2,1H3;2-6,11,13-14H,7-10,12H2,1H3. The number of para-hydroxylation sites is 1. The Morgan fingerprint density at radius 3 is 1.61 bits per heavy atom. The third-order valence-electron chi connectivity index (χ3n) is 10.2. The Morgan fingerprint density at radius 2 is 1.13 bits per heavy atom. The predicted molar refractivity (Wildman–Crippen MR) is 239 cm³/mol. The minimum Gasteiger partial charge on any atom is -0.496 e. The second-order valence-corrected chi connectivity index (χ2v) is 20.6. The smallest absolute Gasteiger partial charge is 0.244 e. The highest BCUT2D eigenvalue weighted by molar-refractivity contribution is 7.89. The molecule has 2 aliphatic rings. The fourth-order valence-corrected chi connectivity index (χ4v) is 12.6. The van der Waals surface area contributed by atoms with E-state index in [9.17, 15) is 25.6 Å². The Morgan fingerprint density at radius 1 is 0.639 bits per heavy atom. The molecular formula is C42H42Cl2F2N6O5S4. The van der Waals surface area contributed by atoms with E-state index in [1.165, 1.54) is 31.9 Å². The van der Waals surface area contributed by atoms with Gasteiger partial charge in [-0.2, -0.15) is 8.61 Å². The fourth-order valence-electron chi connectivity index (χ4n) is 7.01. The van der Waals surface area contributed by atoms with Gasteiger partial charge in [0.15, 0.2) is 10.3 Å². The number of methoxy groups -OCH3 is 1. The molecule has 2 aromatic heterocycles. The molecule has 4 heterocycles. The Kier molecular flexibility index (Phi) is 14.3. The Balaban J connectivity index is 0.000000184. The summed E-state index contributed by atoms with van der Waals surface area (Å²) in [5.74, 6) is -0.300. The van der Waals surface area contributed by atoms with Crippen molar-refractivity contribution < 1.29 is 30.4 Å². The number of ether oxygens (including phenoxy) is 1. The number of nitrogens with zero attached hydrogens (tertiary/aromatic N) is 6. The van der Waals surface area contributed by atoms with Crippen LogP contribution in [0.2, 0.25) is 10.0 Å². The number of halogens is 4. The van der Waals surface area contributed by atoms with E-state index in [2.05, 4.69) is 40.3 Å². The second-order valence-electron chi connectivity index (χ2n) is 14.3. The van der Waals surface area contributed by atoms with Gasteiger partial charge in [0.25, 0.3) is 0 Å². The van der Waals surface area contributed by atoms with Crippen molar-refractivity contribution in [2.75, 3.05) is 69.3 Å². The molecule has 2 saturated heterocycles. The number of anilines is 2. The van der Waals surface area contributed by atoms with Gasteiger partial charge in [0.1, 0.15) is 27.2 Å². The predicted octanol–water partition coefficient (Wildman–Crippen LogP) is 8.39. The number of hydrogen-bond donors (Lipinski definition) is 0. The van der Waals surface area contributed by atoms with Gasteiger partial charge in [0.2, 0.25) is 20.0 Å². The Hall–Kier alpha value is -4.20. The van der Waals surface area contributed by atoms with Crippen LogP contribution in [0.3, 0.4) is 0 Å². The van der Waals surface area contributed by atoms with Gasteiger partial charge in [-0.05, 0) is 55.0 Å². The maximum absolute atomic E-state index is 13.3. The first-order valence-corrected chi connectivity index (χ1v) is 24.6. The lowest BCUT2D eigenvalue weighted by Crippen LogP contribution is -2.48. The van der Waals surface area contributed by atoms with Crippen LogP contribution in [0.5, 0.6) is 5.75 Å². The topological polar surface area (TPSA) is 116 Å². The van der Waals surface area contributed by atoms with Crippen LogP contribution in [0.1, 0.15) is 28.1 Å². The molecule has 322 valence electrons. The SMILES string of the molecule is COc1ccccc1Cc1csc(N2CCN(S(=O)(=O)c3ccc(F)cc3Cl)CC2)n1.Cc1cccc(Cc2csc(N3CCN(S(=O)(=O)c4ccc(F)cc4Cl)CC3)n2)c1. The number of aryl methyl sites for hydroxylation is 1. The van der Waals surface area contributed by atoms with E-state index < -0.39 is 31.7 Å². The van der Waals surface area contributed by atoms with Gasteiger partial charge in [-0.25, -0.2) is 35.6 Å². The number of benzene rings is 4. The summed E-state index contributed by atoms with van der Waals surface area (Å²) in [7, 11) is -5.89. The van der Waals surface area contributed by atoms with E-state index in [0.717, 1.165) is 63.7 Å². The third-order valence-corrected chi connectivity index (χ3v) is 16.8. The summed E-state index contributed by atoms with van der Waals surface area (Å²) in [6.45, 7) is 5.42. The van der Waals surface area contributed by atoms with Crippen LogP contribution in [0.15, 0.2) is 105 Å². The highest BCUT2D eigenvalue weighted by atomic mass is 35.5. The maximum Gasteiger partial charge on any atom is 0.244 e. The normalized spacial score (nSPS) is 15.4. The van der Waals surface area contributed by atoms with Crippen molar-refractivity contribution in [2.24, 2.45) is 0 Å². The van der Waals surface area contributed by atoms with Gasteiger partial charge in [-0.3, -0.25) is 0 Å². The molecule has 0 bridgehead atoms. The number of sulfonamides is 2. The molecule has 61 heavy (non-hydrogen) atoms. The van der Waals surface area contributed by atoms with Crippen LogP contribution in [0, 0.1) is 18.6 Å². The molecule has 2 aliphatic heterocycles. The molecule has 6 aromatic rings. The number of aromatic nitrogens is 2. The quantitative estimate of drug-likeness (QED) is 0.126. The van der Waals surface area contributed by atoms with E-state index in [1.807, 2.05) is 35.7 Å². The van der Waals surface area contributed by atoms with Gasteiger partial charge in [0.05, 0.1) is 28.5 Å². The van der Waals surface area contributed by atoms with Crippen molar-refractivity contribution in [1.82, 2.24) is 18.6 Å². The maximum atomic E-state index is 13.3. The zero-order valence-corrected chi connectivity index (χ0v) is 38.0. The molecular weight excluding hydrogens is 906 g/mol. The van der Waals surface area contributed by atoms with Crippen LogP contribution in [0.4, 0.5) is 19.0 Å². The zero-order valence-electron chi connectivity index (χ0n) is 33.2. The lowest BCUT2D eigenvalue weighted by atomic mass is 10.1. The molecule has 0 amide bonds. The number of piperazine rings is 2. The van der Waals surface area contributed by atoms with Crippen LogP contribution in [-0.4, -0.2) is 94.9 Å². The van der Waals surface area contributed by atoms with Crippen molar-refractivity contribution in [1.29, 1.82) is 0 Å². The van der Waals surface area contributed by atoms with Crippen LogP contribution < -0.4 is 14.5 Å². The molecule has 0 N–H and O–H groups in total.